The van der Waals surface area contributed by atoms with Gasteiger partial charge in [0.1, 0.15) is 6.04 Å². The molecule has 2 aromatic carbocycles. The molecule has 0 spiro atoms. The summed E-state index contributed by atoms with van der Waals surface area (Å²) in [6.45, 7) is 8.59. The molecular formula is C44H69N7O6S. The van der Waals surface area contributed by atoms with Gasteiger partial charge in [-0.05, 0) is 66.2 Å². The molecule has 5 atom stereocenters. The average molecular weight is 824 g/mol. The molecule has 4 rings (SSSR count). The first kappa shape index (κ1) is 46.8. The number of hydrazine groups is 1. The van der Waals surface area contributed by atoms with E-state index < -0.39 is 45.9 Å². The van der Waals surface area contributed by atoms with Crippen LogP contribution in [0.15, 0.2) is 55.0 Å². The number of amides is 3. The maximum Gasteiger partial charge on any atom is 0.243 e. The lowest BCUT2D eigenvalue weighted by molar-refractivity contribution is -0.139. The van der Waals surface area contributed by atoms with Gasteiger partial charge in [0.2, 0.25) is 27.7 Å². The molecule has 0 bridgehead atoms. The third-order valence-corrected chi connectivity index (χ3v) is 13.2. The molecular weight excluding hydrogens is 755 g/mol. The Kier molecular flexibility index (Phi) is 19.1. The number of rotatable bonds is 25. The van der Waals surface area contributed by atoms with E-state index in [-0.39, 0.29) is 55.7 Å². The van der Waals surface area contributed by atoms with Crippen molar-refractivity contribution in [3.05, 3.63) is 66.2 Å². The zero-order chi connectivity index (χ0) is 42.1. The normalized spacial score (nSPS) is 16.4. The van der Waals surface area contributed by atoms with Gasteiger partial charge in [0.05, 0.1) is 30.1 Å². The van der Waals surface area contributed by atoms with Crippen molar-refractivity contribution in [1.82, 2.24) is 35.8 Å². The zero-order valence-electron chi connectivity index (χ0n) is 35.3. The molecule has 3 amide bonds. The molecule has 14 heteroatoms. The van der Waals surface area contributed by atoms with E-state index in [1.807, 2.05) is 63.2 Å². The van der Waals surface area contributed by atoms with E-state index in [0.717, 1.165) is 61.3 Å². The summed E-state index contributed by atoms with van der Waals surface area (Å²) >= 11 is 0. The molecule has 1 heterocycles. The molecule has 0 saturated heterocycles. The Balaban J connectivity index is 1.61. The molecule has 322 valence electrons. The van der Waals surface area contributed by atoms with Crippen molar-refractivity contribution in [3.8, 4) is 0 Å². The fraction of sp³-hybridized carbons (Fsp3) is 0.636. The average Bonchev–Trinajstić information content (AvgIpc) is 3.72. The maximum atomic E-state index is 14.5. The highest BCUT2D eigenvalue weighted by molar-refractivity contribution is 7.89. The van der Waals surface area contributed by atoms with Crippen LogP contribution in [-0.4, -0.2) is 90.3 Å². The van der Waals surface area contributed by atoms with Crippen molar-refractivity contribution < 1.29 is 27.9 Å². The highest BCUT2D eigenvalue weighted by atomic mass is 32.2. The number of hydrogen-bond acceptors (Lipinski definition) is 8. The Morgan fingerprint density at radius 3 is 2.38 bits per heavy atom. The Morgan fingerprint density at radius 1 is 0.966 bits per heavy atom. The van der Waals surface area contributed by atoms with Crippen LogP contribution in [0.1, 0.15) is 110 Å². The van der Waals surface area contributed by atoms with Crippen LogP contribution in [0.3, 0.4) is 0 Å². The van der Waals surface area contributed by atoms with Crippen LogP contribution in [0.4, 0.5) is 0 Å². The fourth-order valence-corrected chi connectivity index (χ4v) is 9.27. The molecule has 0 aliphatic heterocycles. The summed E-state index contributed by atoms with van der Waals surface area (Å²) in [6.07, 6.45) is 10.9. The molecule has 13 nitrogen and oxygen atoms in total. The molecule has 1 aromatic heterocycles. The molecule has 3 aromatic rings. The topological polar surface area (TPSA) is 186 Å². The van der Waals surface area contributed by atoms with Gasteiger partial charge < -0.3 is 20.7 Å². The van der Waals surface area contributed by atoms with Gasteiger partial charge in [-0.15, -0.1) is 0 Å². The first-order chi connectivity index (χ1) is 27.8. The number of sulfonamides is 1. The lowest BCUT2D eigenvalue weighted by Gasteiger charge is -2.34. The number of benzene rings is 2. The van der Waals surface area contributed by atoms with E-state index in [2.05, 4.69) is 37.7 Å². The molecule has 6 N–H and O–H groups in total. The number of imidazole rings is 1. The van der Waals surface area contributed by atoms with Crippen LogP contribution in [0, 0.1) is 23.7 Å². The summed E-state index contributed by atoms with van der Waals surface area (Å²) in [5.41, 5.74) is 4.56. The number of carbonyl (C=O) groups is 3. The summed E-state index contributed by atoms with van der Waals surface area (Å²) in [7, 11) is -1.74. The van der Waals surface area contributed by atoms with Gasteiger partial charge in [0.25, 0.3) is 0 Å². The largest absolute Gasteiger partial charge is 0.391 e. The maximum absolute atomic E-state index is 14.5. The SMILES string of the molecule is CCCCN(NC)C(=O)CC(Cc1cccc2ccccc12)C(=O)N[C@@H](Cc1cnc[nH]1)C(=O)N[C@@H](CC1CCCCC1)[C@@H](O)C[C@H](CNS(=O)(=O)CCC)C(C)C. The van der Waals surface area contributed by atoms with Crippen molar-refractivity contribution in [3.63, 3.8) is 0 Å². The third-order valence-electron chi connectivity index (χ3n) is 11.7. The number of unbranched alkanes of at least 4 members (excludes halogenated alkanes) is 1. The number of hydrogen-bond donors (Lipinski definition) is 6. The van der Waals surface area contributed by atoms with Gasteiger partial charge >= 0.3 is 0 Å². The van der Waals surface area contributed by atoms with E-state index in [4.69, 9.17) is 0 Å². The van der Waals surface area contributed by atoms with Crippen LogP contribution in [0.5, 0.6) is 0 Å². The monoisotopic (exact) mass is 824 g/mol. The number of aromatic nitrogens is 2. The zero-order valence-corrected chi connectivity index (χ0v) is 36.2. The Hall–Kier alpha value is -3.85. The van der Waals surface area contributed by atoms with Gasteiger partial charge in [-0.2, -0.15) is 0 Å². The quantitative estimate of drug-likeness (QED) is 0.0613. The second-order valence-corrected chi connectivity index (χ2v) is 18.5. The van der Waals surface area contributed by atoms with Crippen molar-refractivity contribution in [2.75, 3.05) is 25.9 Å². The minimum Gasteiger partial charge on any atom is -0.391 e. The second-order valence-electron chi connectivity index (χ2n) is 16.5. The second kappa shape index (κ2) is 23.7. The first-order valence-electron chi connectivity index (χ1n) is 21.5. The Bertz CT molecular complexity index is 1810. The number of aliphatic hydroxyl groups is 1. The van der Waals surface area contributed by atoms with E-state index in [0.29, 0.717) is 31.0 Å². The van der Waals surface area contributed by atoms with Crippen LogP contribution < -0.4 is 20.8 Å². The van der Waals surface area contributed by atoms with E-state index in [1.54, 1.807) is 18.3 Å². The molecule has 1 saturated carbocycles. The van der Waals surface area contributed by atoms with Gasteiger partial charge in [0, 0.05) is 44.9 Å². The lowest BCUT2D eigenvalue weighted by Crippen LogP contribution is -2.55. The van der Waals surface area contributed by atoms with E-state index in [1.165, 1.54) is 6.33 Å². The van der Waals surface area contributed by atoms with Gasteiger partial charge in [-0.25, -0.2) is 23.5 Å². The van der Waals surface area contributed by atoms with Crippen LogP contribution in [0.25, 0.3) is 10.8 Å². The number of aliphatic hydroxyl groups excluding tert-OH is 1. The third kappa shape index (κ3) is 14.8. The van der Waals surface area contributed by atoms with Gasteiger partial charge in [-0.3, -0.25) is 19.4 Å². The van der Waals surface area contributed by atoms with Crippen molar-refractivity contribution in [2.45, 2.75) is 129 Å². The number of H-pyrrole nitrogens is 1. The van der Waals surface area contributed by atoms with Gasteiger partial charge in [-0.1, -0.05) is 109 Å². The van der Waals surface area contributed by atoms with Crippen LogP contribution >= 0.6 is 0 Å². The van der Waals surface area contributed by atoms with E-state index in [9.17, 15) is 27.9 Å². The van der Waals surface area contributed by atoms with Crippen molar-refractivity contribution in [1.29, 1.82) is 0 Å². The molecule has 58 heavy (non-hydrogen) atoms. The van der Waals surface area contributed by atoms with Crippen molar-refractivity contribution in [2.24, 2.45) is 23.7 Å². The summed E-state index contributed by atoms with van der Waals surface area (Å²) < 4.78 is 27.8. The predicted molar refractivity (Wildman–Crippen MR) is 230 cm³/mol. The van der Waals surface area contributed by atoms with Crippen LogP contribution in [0.2, 0.25) is 0 Å². The molecule has 1 aliphatic rings. The molecule has 1 unspecified atom stereocenters. The lowest BCUT2D eigenvalue weighted by atomic mass is 9.81. The van der Waals surface area contributed by atoms with Crippen LogP contribution in [-0.2, 0) is 37.2 Å². The number of fused-ring (bicyclic) bond motifs is 1. The number of aromatic amines is 1. The Labute approximate surface area is 346 Å². The standard InChI is InChI=1S/C44H69N7O6S/c1-6-8-21-51(45-5)42(53)26-35(24-34-19-14-18-33-17-12-13-20-38(33)34)43(54)50-40(27-37-29-46-30-47-37)44(55)49-39(23-32-15-10-9-11-16-32)41(52)25-36(31(3)4)28-48-58(56,57)22-7-2/h12-14,17-20,29-32,35-36,39-41,45,48,52H,6-11,15-16,21-28H2,1-5H3,(H,46,47)(H,49,55)(H,50,54)/t35?,36-,39+,40+,41+/m1/s1. The predicted octanol–water partition coefficient (Wildman–Crippen LogP) is 5.41. The molecule has 1 aliphatic carbocycles. The highest BCUT2D eigenvalue weighted by Crippen LogP contribution is 2.30. The van der Waals surface area contributed by atoms with Crippen molar-refractivity contribution >= 4 is 38.5 Å². The summed E-state index contributed by atoms with van der Waals surface area (Å²) in [6, 6.07) is 12.2. The minimum absolute atomic E-state index is 0.0355. The van der Waals surface area contributed by atoms with E-state index >= 15 is 0 Å². The summed E-state index contributed by atoms with van der Waals surface area (Å²) in [4.78, 5) is 50.0. The minimum atomic E-state index is -3.44. The number of nitrogens with one attached hydrogen (secondary N) is 5. The summed E-state index contributed by atoms with van der Waals surface area (Å²) in [5, 5.41) is 21.7. The molecule has 1 fully saturated rings. The smallest absolute Gasteiger partial charge is 0.243 e. The molecule has 0 radical (unpaired) electrons. The number of carbonyl (C=O) groups excluding carboxylic acids is 3. The Morgan fingerprint density at radius 2 is 1.71 bits per heavy atom. The first-order valence-corrected chi connectivity index (χ1v) is 23.2. The number of nitrogens with zero attached hydrogens (tertiary/aromatic N) is 2. The summed E-state index contributed by atoms with van der Waals surface area (Å²) in [5.74, 6) is -1.62. The fourth-order valence-electron chi connectivity index (χ4n) is 8.13. The van der Waals surface area contributed by atoms with Gasteiger partial charge in [0.15, 0.2) is 0 Å². The highest BCUT2D eigenvalue weighted by Gasteiger charge is 2.34.